The number of rotatable bonds is 8. The van der Waals surface area contributed by atoms with Gasteiger partial charge < -0.3 is 20.3 Å². The summed E-state index contributed by atoms with van der Waals surface area (Å²) in [7, 11) is 0. The summed E-state index contributed by atoms with van der Waals surface area (Å²) in [6.45, 7) is 17.2. The van der Waals surface area contributed by atoms with Crippen LogP contribution in [0.4, 0.5) is 4.79 Å². The first-order valence-electron chi connectivity index (χ1n) is 13.8. The molecule has 7 heteroatoms. The maximum Gasteiger partial charge on any atom is 0.408 e. The number of amides is 3. The van der Waals surface area contributed by atoms with Gasteiger partial charge in [-0.2, -0.15) is 0 Å². The van der Waals surface area contributed by atoms with Crippen molar-refractivity contribution < 1.29 is 19.1 Å². The lowest BCUT2D eigenvalue weighted by Crippen LogP contribution is -2.56. The predicted molar refractivity (Wildman–Crippen MR) is 154 cm³/mol. The van der Waals surface area contributed by atoms with Crippen LogP contribution < -0.4 is 10.6 Å². The maximum atomic E-state index is 14.5. The third-order valence-electron chi connectivity index (χ3n) is 6.70. The average Bonchev–Trinajstić information content (AvgIpc) is 3.52. The quantitative estimate of drug-likeness (QED) is 0.458. The lowest BCUT2D eigenvalue weighted by atomic mass is 9.94. The lowest BCUT2D eigenvalue weighted by Gasteiger charge is -2.37. The Morgan fingerprint density at radius 2 is 1.62 bits per heavy atom. The molecule has 39 heavy (non-hydrogen) atoms. The van der Waals surface area contributed by atoms with Crippen molar-refractivity contribution >= 4 is 17.9 Å². The Morgan fingerprint density at radius 3 is 2.15 bits per heavy atom. The molecule has 1 aliphatic rings. The highest BCUT2D eigenvalue weighted by molar-refractivity contribution is 5.93. The molecule has 2 aromatic rings. The summed E-state index contributed by atoms with van der Waals surface area (Å²) in [4.78, 5) is 43.1. The van der Waals surface area contributed by atoms with E-state index in [9.17, 15) is 14.4 Å². The summed E-state index contributed by atoms with van der Waals surface area (Å²) < 4.78 is 5.53. The van der Waals surface area contributed by atoms with Crippen molar-refractivity contribution in [2.75, 3.05) is 0 Å². The van der Waals surface area contributed by atoms with Crippen LogP contribution in [0.25, 0.3) is 0 Å². The van der Waals surface area contributed by atoms with Gasteiger partial charge in [-0.3, -0.25) is 9.59 Å². The maximum absolute atomic E-state index is 14.5. The Kier molecular flexibility index (Phi) is 9.14. The van der Waals surface area contributed by atoms with Crippen LogP contribution in [0.5, 0.6) is 0 Å². The van der Waals surface area contributed by atoms with Crippen molar-refractivity contribution in [1.29, 1.82) is 0 Å². The van der Waals surface area contributed by atoms with Crippen LogP contribution >= 0.6 is 0 Å². The van der Waals surface area contributed by atoms with Gasteiger partial charge in [0.15, 0.2) is 0 Å². The average molecular weight is 536 g/mol. The zero-order chi connectivity index (χ0) is 29.1. The van der Waals surface area contributed by atoms with Gasteiger partial charge in [0.1, 0.15) is 17.7 Å². The molecule has 1 saturated carbocycles. The fraction of sp³-hybridized carbons (Fsp3) is 0.531. The summed E-state index contributed by atoms with van der Waals surface area (Å²) in [5, 5.41) is 5.95. The van der Waals surface area contributed by atoms with Gasteiger partial charge in [-0.15, -0.1) is 0 Å². The molecular formula is C32H45N3O4. The van der Waals surface area contributed by atoms with Crippen LogP contribution in [0, 0.1) is 19.8 Å². The van der Waals surface area contributed by atoms with Gasteiger partial charge in [0.25, 0.3) is 0 Å². The lowest BCUT2D eigenvalue weighted by molar-refractivity contribution is -0.144. The van der Waals surface area contributed by atoms with E-state index in [-0.39, 0.29) is 30.2 Å². The number of alkyl carbamates (subject to hydrolysis) is 1. The molecule has 0 saturated heterocycles. The molecule has 0 spiro atoms. The first kappa shape index (κ1) is 30.2. The number of nitrogens with one attached hydrogen (secondary N) is 2. The van der Waals surface area contributed by atoms with Gasteiger partial charge in [-0.25, -0.2) is 4.79 Å². The van der Waals surface area contributed by atoms with E-state index in [4.69, 9.17) is 4.74 Å². The SMILES string of the molecule is Cc1ccc(C)c(C(C(=O)NC(C)(C)C)N(C(=O)C(Cc2ccccc2)NC(=O)OC(C)(C)C)C2CC2C)c1. The van der Waals surface area contributed by atoms with Crippen LogP contribution in [0.3, 0.4) is 0 Å². The molecule has 1 fully saturated rings. The summed E-state index contributed by atoms with van der Waals surface area (Å²) >= 11 is 0. The van der Waals surface area contributed by atoms with Crippen LogP contribution in [0.2, 0.25) is 0 Å². The van der Waals surface area contributed by atoms with Crippen molar-refractivity contribution in [1.82, 2.24) is 15.5 Å². The second-order valence-electron chi connectivity index (χ2n) is 12.9. The molecular weight excluding hydrogens is 490 g/mol. The predicted octanol–water partition coefficient (Wildman–Crippen LogP) is 5.63. The minimum absolute atomic E-state index is 0.119. The first-order valence-corrected chi connectivity index (χ1v) is 13.8. The molecule has 1 aliphatic carbocycles. The molecule has 0 radical (unpaired) electrons. The van der Waals surface area contributed by atoms with Crippen LogP contribution in [-0.2, 0) is 20.7 Å². The highest BCUT2D eigenvalue weighted by atomic mass is 16.6. The van der Waals surface area contributed by atoms with Crippen molar-refractivity contribution in [3.8, 4) is 0 Å². The van der Waals surface area contributed by atoms with E-state index < -0.39 is 29.3 Å². The second kappa shape index (κ2) is 11.8. The van der Waals surface area contributed by atoms with Gasteiger partial charge in [-0.1, -0.05) is 61.0 Å². The van der Waals surface area contributed by atoms with Crippen molar-refractivity contribution in [2.45, 2.75) is 104 Å². The van der Waals surface area contributed by atoms with Gasteiger partial charge in [0, 0.05) is 18.0 Å². The molecule has 0 aliphatic heterocycles. The van der Waals surface area contributed by atoms with E-state index in [1.165, 1.54) is 0 Å². The van der Waals surface area contributed by atoms with E-state index in [0.717, 1.165) is 28.7 Å². The van der Waals surface area contributed by atoms with E-state index in [1.54, 1.807) is 25.7 Å². The smallest absolute Gasteiger partial charge is 0.408 e. The number of nitrogens with zero attached hydrogens (tertiary/aromatic N) is 1. The highest BCUT2D eigenvalue weighted by Crippen LogP contribution is 2.41. The standard InChI is InChI=1S/C32H45N3O4/c1-20-15-16-21(2)24(17-20)27(28(36)34-31(4,5)6)35(26-18-22(26)3)29(37)25(19-23-13-11-10-12-14-23)33-30(38)39-32(7,8)9/h10-17,22,25-27H,18-19H2,1-9H3,(H,33,38)(H,34,36). The zero-order valence-electron chi connectivity index (χ0n) is 24.9. The van der Waals surface area contributed by atoms with Crippen molar-refractivity contribution in [3.63, 3.8) is 0 Å². The first-order chi connectivity index (χ1) is 18.1. The Labute approximate surface area is 233 Å². The van der Waals surface area contributed by atoms with Crippen LogP contribution in [-0.4, -0.2) is 46.0 Å². The molecule has 4 atom stereocenters. The fourth-order valence-electron chi connectivity index (χ4n) is 4.76. The fourth-order valence-corrected chi connectivity index (χ4v) is 4.76. The number of hydrogen-bond donors (Lipinski definition) is 2. The van der Waals surface area contributed by atoms with Crippen LogP contribution in [0.15, 0.2) is 48.5 Å². The number of hydrogen-bond acceptors (Lipinski definition) is 4. The molecule has 2 N–H and O–H groups in total. The van der Waals surface area contributed by atoms with Gasteiger partial charge in [-0.05, 0) is 84.4 Å². The molecule has 0 bridgehead atoms. The largest absolute Gasteiger partial charge is 0.444 e. The van der Waals surface area contributed by atoms with E-state index in [1.807, 2.05) is 83.1 Å². The Hall–Kier alpha value is -3.35. The van der Waals surface area contributed by atoms with E-state index in [0.29, 0.717) is 0 Å². The van der Waals surface area contributed by atoms with Crippen LogP contribution in [0.1, 0.15) is 83.2 Å². The number of ether oxygens (including phenoxy) is 1. The Balaban J connectivity index is 2.09. The van der Waals surface area contributed by atoms with E-state index in [2.05, 4.69) is 17.6 Å². The molecule has 3 amide bonds. The van der Waals surface area contributed by atoms with E-state index >= 15 is 0 Å². The summed E-state index contributed by atoms with van der Waals surface area (Å²) in [6.07, 6.45) is 0.403. The molecule has 2 aromatic carbocycles. The minimum atomic E-state index is -0.912. The van der Waals surface area contributed by atoms with Gasteiger partial charge in [0.2, 0.25) is 11.8 Å². The monoisotopic (exact) mass is 535 g/mol. The van der Waals surface area contributed by atoms with Crippen molar-refractivity contribution in [2.24, 2.45) is 5.92 Å². The summed E-state index contributed by atoms with van der Waals surface area (Å²) in [6, 6.07) is 13.7. The number of aryl methyl sites for hydroxylation is 2. The number of benzene rings is 2. The molecule has 3 rings (SSSR count). The highest BCUT2D eigenvalue weighted by Gasteiger charge is 2.48. The molecule has 212 valence electrons. The Bertz CT molecular complexity index is 1180. The van der Waals surface area contributed by atoms with Gasteiger partial charge >= 0.3 is 6.09 Å². The minimum Gasteiger partial charge on any atom is -0.444 e. The third kappa shape index (κ3) is 8.57. The van der Waals surface area contributed by atoms with Gasteiger partial charge in [0.05, 0.1) is 0 Å². The zero-order valence-corrected chi connectivity index (χ0v) is 24.9. The Morgan fingerprint density at radius 1 is 1.00 bits per heavy atom. The molecule has 0 aromatic heterocycles. The topological polar surface area (TPSA) is 87.7 Å². The normalized spacial score (nSPS) is 18.5. The molecule has 0 heterocycles. The molecule has 4 unspecified atom stereocenters. The third-order valence-corrected chi connectivity index (χ3v) is 6.70. The molecule has 7 nitrogen and oxygen atoms in total. The number of carbonyl (C=O) groups is 3. The second-order valence-corrected chi connectivity index (χ2v) is 12.9. The van der Waals surface area contributed by atoms with Crippen molar-refractivity contribution in [3.05, 3.63) is 70.8 Å². The number of carbonyl (C=O) groups excluding carboxylic acids is 3. The summed E-state index contributed by atoms with van der Waals surface area (Å²) in [5.74, 6) is -0.295. The summed E-state index contributed by atoms with van der Waals surface area (Å²) in [5.41, 5.74) is 2.42.